The third-order valence-electron chi connectivity index (χ3n) is 1.95. The van der Waals surface area contributed by atoms with Crippen LogP contribution in [-0.4, -0.2) is 30.8 Å². The highest BCUT2D eigenvalue weighted by molar-refractivity contribution is 5.85. The van der Waals surface area contributed by atoms with Crippen LogP contribution >= 0.6 is 0 Å². The first-order chi connectivity index (χ1) is 7.18. The van der Waals surface area contributed by atoms with E-state index in [4.69, 9.17) is 5.11 Å². The summed E-state index contributed by atoms with van der Waals surface area (Å²) in [5.41, 5.74) is 0.751. The van der Waals surface area contributed by atoms with Crippen LogP contribution in [0.1, 0.15) is 10.5 Å². The second kappa shape index (κ2) is 3.49. The molecule has 0 unspecified atom stereocenters. The van der Waals surface area contributed by atoms with Gasteiger partial charge in [-0.2, -0.15) is 0 Å². The van der Waals surface area contributed by atoms with Crippen molar-refractivity contribution >= 4 is 5.97 Å². The highest BCUT2D eigenvalue weighted by Gasteiger charge is 2.07. The molecule has 0 aliphatic carbocycles. The first-order valence-electron chi connectivity index (χ1n) is 4.22. The van der Waals surface area contributed by atoms with E-state index in [0.29, 0.717) is 5.82 Å². The van der Waals surface area contributed by atoms with Crippen LogP contribution in [0.2, 0.25) is 0 Å². The van der Waals surface area contributed by atoms with E-state index in [9.17, 15) is 4.79 Å². The minimum absolute atomic E-state index is 0.0147. The monoisotopic (exact) mass is 204 g/mol. The molecule has 15 heavy (non-hydrogen) atoms. The van der Waals surface area contributed by atoms with Gasteiger partial charge in [0.15, 0.2) is 5.82 Å². The molecule has 2 rings (SSSR count). The van der Waals surface area contributed by atoms with Crippen LogP contribution in [0.5, 0.6) is 0 Å². The number of carboxylic acid groups (broad SMARTS) is 1. The van der Waals surface area contributed by atoms with Gasteiger partial charge in [-0.25, -0.2) is 9.78 Å². The quantitative estimate of drug-likeness (QED) is 0.773. The molecular weight excluding hydrogens is 196 g/mol. The van der Waals surface area contributed by atoms with Crippen molar-refractivity contribution < 1.29 is 9.90 Å². The highest BCUT2D eigenvalue weighted by Crippen LogP contribution is 2.14. The molecular formula is C9H8N4O2. The average molecular weight is 204 g/mol. The van der Waals surface area contributed by atoms with Gasteiger partial charge in [0.05, 0.1) is 0 Å². The van der Waals surface area contributed by atoms with Crippen molar-refractivity contribution in [3.05, 3.63) is 30.4 Å². The van der Waals surface area contributed by atoms with E-state index >= 15 is 0 Å². The van der Waals surface area contributed by atoms with Gasteiger partial charge in [0, 0.05) is 18.8 Å². The lowest BCUT2D eigenvalue weighted by Gasteiger charge is -1.99. The first kappa shape index (κ1) is 9.32. The molecule has 0 bridgehead atoms. The fraction of sp³-hybridized carbons (Fsp3) is 0.111. The fourth-order valence-corrected chi connectivity index (χ4v) is 1.20. The number of hydrogen-bond donors (Lipinski definition) is 1. The van der Waals surface area contributed by atoms with Crippen LogP contribution in [0.15, 0.2) is 24.7 Å². The van der Waals surface area contributed by atoms with Crippen molar-refractivity contribution in [2.75, 3.05) is 0 Å². The van der Waals surface area contributed by atoms with E-state index in [0.717, 1.165) is 5.56 Å². The summed E-state index contributed by atoms with van der Waals surface area (Å²) >= 11 is 0. The van der Waals surface area contributed by atoms with Crippen LogP contribution in [0.3, 0.4) is 0 Å². The van der Waals surface area contributed by atoms with Crippen molar-refractivity contribution in [1.29, 1.82) is 0 Å². The number of aryl methyl sites for hydroxylation is 1. The Morgan fingerprint density at radius 3 is 2.73 bits per heavy atom. The molecule has 1 N–H and O–H groups in total. The van der Waals surface area contributed by atoms with E-state index < -0.39 is 5.97 Å². The van der Waals surface area contributed by atoms with Crippen LogP contribution in [0.4, 0.5) is 0 Å². The maximum Gasteiger partial charge on any atom is 0.354 e. The lowest BCUT2D eigenvalue weighted by Crippen LogP contribution is -2.00. The van der Waals surface area contributed by atoms with Crippen LogP contribution < -0.4 is 0 Å². The van der Waals surface area contributed by atoms with Gasteiger partial charge in [-0.3, -0.25) is 0 Å². The zero-order valence-corrected chi connectivity index (χ0v) is 7.95. The summed E-state index contributed by atoms with van der Waals surface area (Å²) in [6, 6.07) is 3.09. The minimum Gasteiger partial charge on any atom is -0.477 e. The molecule has 0 saturated carbocycles. The second-order valence-electron chi connectivity index (χ2n) is 3.00. The summed E-state index contributed by atoms with van der Waals surface area (Å²) in [6.45, 7) is 0. The van der Waals surface area contributed by atoms with Crippen molar-refractivity contribution in [2.45, 2.75) is 0 Å². The van der Waals surface area contributed by atoms with Gasteiger partial charge >= 0.3 is 5.97 Å². The second-order valence-corrected chi connectivity index (χ2v) is 3.00. The lowest BCUT2D eigenvalue weighted by molar-refractivity contribution is 0.0690. The fourth-order valence-electron chi connectivity index (χ4n) is 1.20. The van der Waals surface area contributed by atoms with Gasteiger partial charge in [0.2, 0.25) is 0 Å². The molecule has 0 amide bonds. The van der Waals surface area contributed by atoms with Crippen molar-refractivity contribution in [2.24, 2.45) is 7.05 Å². The number of hydrogen-bond acceptors (Lipinski definition) is 4. The summed E-state index contributed by atoms with van der Waals surface area (Å²) in [7, 11) is 1.81. The Hall–Kier alpha value is -2.24. The summed E-state index contributed by atoms with van der Waals surface area (Å²) < 4.78 is 1.73. The topological polar surface area (TPSA) is 80.9 Å². The predicted molar refractivity (Wildman–Crippen MR) is 51.2 cm³/mol. The molecule has 0 atom stereocenters. The van der Waals surface area contributed by atoms with Crippen molar-refractivity contribution in [1.82, 2.24) is 19.7 Å². The third-order valence-corrected chi connectivity index (χ3v) is 1.95. The van der Waals surface area contributed by atoms with Gasteiger partial charge in [-0.15, -0.1) is 10.2 Å². The highest BCUT2D eigenvalue weighted by atomic mass is 16.4. The van der Waals surface area contributed by atoms with E-state index in [1.54, 1.807) is 24.0 Å². The lowest BCUT2D eigenvalue weighted by atomic mass is 10.2. The molecule has 2 heterocycles. The van der Waals surface area contributed by atoms with Crippen molar-refractivity contribution in [3.8, 4) is 11.4 Å². The Morgan fingerprint density at radius 1 is 1.47 bits per heavy atom. The van der Waals surface area contributed by atoms with Gasteiger partial charge in [-0.1, -0.05) is 0 Å². The normalized spacial score (nSPS) is 10.2. The molecule has 76 valence electrons. The molecule has 2 aromatic rings. The zero-order chi connectivity index (χ0) is 10.8. The zero-order valence-electron chi connectivity index (χ0n) is 7.95. The average Bonchev–Trinajstić information content (AvgIpc) is 2.65. The number of aromatic nitrogens is 4. The SMILES string of the molecule is Cn1cnnc1-c1ccc(C(=O)O)nc1. The Kier molecular flexibility index (Phi) is 2.17. The molecule has 0 aromatic carbocycles. The molecule has 2 aromatic heterocycles. The maximum absolute atomic E-state index is 10.6. The molecule has 0 spiro atoms. The van der Waals surface area contributed by atoms with E-state index in [-0.39, 0.29) is 5.69 Å². The Bertz CT molecular complexity index is 489. The molecule has 0 fully saturated rings. The van der Waals surface area contributed by atoms with Crippen LogP contribution in [0.25, 0.3) is 11.4 Å². The van der Waals surface area contributed by atoms with E-state index in [1.807, 2.05) is 0 Å². The molecule has 0 aliphatic rings. The summed E-state index contributed by atoms with van der Waals surface area (Å²) in [6.07, 6.45) is 3.04. The number of rotatable bonds is 2. The number of pyridine rings is 1. The molecule has 6 nitrogen and oxygen atoms in total. The van der Waals surface area contributed by atoms with Gasteiger partial charge in [0.1, 0.15) is 12.0 Å². The Balaban J connectivity index is 2.40. The first-order valence-corrected chi connectivity index (χ1v) is 4.22. The van der Waals surface area contributed by atoms with Crippen molar-refractivity contribution in [3.63, 3.8) is 0 Å². The minimum atomic E-state index is -1.04. The van der Waals surface area contributed by atoms with E-state index in [1.165, 1.54) is 12.3 Å². The standard InChI is InChI=1S/C9H8N4O2/c1-13-5-11-12-8(13)6-2-3-7(9(14)15)10-4-6/h2-5H,1H3,(H,14,15). The summed E-state index contributed by atoms with van der Waals surface area (Å²) in [5.74, 6) is -0.390. The number of carboxylic acids is 1. The summed E-state index contributed by atoms with van der Waals surface area (Å²) in [5, 5.41) is 16.3. The molecule has 0 saturated heterocycles. The Labute approximate surface area is 85.2 Å². The van der Waals surface area contributed by atoms with Gasteiger partial charge in [-0.05, 0) is 12.1 Å². The number of carbonyl (C=O) groups is 1. The maximum atomic E-state index is 10.6. The molecule has 0 aliphatic heterocycles. The number of nitrogens with zero attached hydrogens (tertiary/aromatic N) is 4. The largest absolute Gasteiger partial charge is 0.477 e. The summed E-state index contributed by atoms with van der Waals surface area (Å²) in [4.78, 5) is 14.4. The molecule has 0 radical (unpaired) electrons. The third kappa shape index (κ3) is 1.69. The predicted octanol–water partition coefficient (Wildman–Crippen LogP) is 0.575. The smallest absolute Gasteiger partial charge is 0.354 e. The van der Waals surface area contributed by atoms with Crippen LogP contribution in [0, 0.1) is 0 Å². The van der Waals surface area contributed by atoms with E-state index in [2.05, 4.69) is 15.2 Å². The van der Waals surface area contributed by atoms with Gasteiger partial charge < -0.3 is 9.67 Å². The van der Waals surface area contributed by atoms with Gasteiger partial charge in [0.25, 0.3) is 0 Å². The molecule has 6 heteroatoms. The Morgan fingerprint density at radius 2 is 2.27 bits per heavy atom. The van der Waals surface area contributed by atoms with Crippen LogP contribution in [-0.2, 0) is 7.05 Å². The number of aromatic carboxylic acids is 1.